The summed E-state index contributed by atoms with van der Waals surface area (Å²) in [4.78, 5) is 36.4. The molecule has 0 atom stereocenters. The van der Waals surface area contributed by atoms with Gasteiger partial charge in [-0.15, -0.1) is 0 Å². The number of aromatic nitrogens is 2. The fourth-order valence-corrected chi connectivity index (χ4v) is 2.78. The molecule has 0 spiro atoms. The van der Waals surface area contributed by atoms with Gasteiger partial charge in [-0.25, -0.2) is 4.79 Å². The van der Waals surface area contributed by atoms with Crippen LogP contribution in [0.15, 0.2) is 45.6 Å². The van der Waals surface area contributed by atoms with Gasteiger partial charge in [-0.2, -0.15) is 0 Å². The minimum Gasteiger partial charge on any atom is -0.303 e. The van der Waals surface area contributed by atoms with Gasteiger partial charge >= 0.3 is 5.69 Å². The van der Waals surface area contributed by atoms with E-state index in [-0.39, 0.29) is 17.0 Å². The van der Waals surface area contributed by atoms with E-state index in [1.54, 1.807) is 13.1 Å². The number of rotatable bonds is 1. The van der Waals surface area contributed by atoms with Gasteiger partial charge in [0.1, 0.15) is 0 Å². The zero-order valence-electron chi connectivity index (χ0n) is 12.5. The van der Waals surface area contributed by atoms with E-state index >= 15 is 0 Å². The Kier molecular flexibility index (Phi) is 3.41. The van der Waals surface area contributed by atoms with Crippen molar-refractivity contribution in [2.24, 2.45) is 14.1 Å². The lowest BCUT2D eigenvalue weighted by molar-refractivity contribution is 0.102. The summed E-state index contributed by atoms with van der Waals surface area (Å²) in [5.41, 5.74) is 1.93. The molecule has 3 rings (SSSR count). The number of hydrogen-bond donors (Lipinski definition) is 0. The van der Waals surface area contributed by atoms with Crippen LogP contribution in [0.5, 0.6) is 0 Å². The van der Waals surface area contributed by atoms with Crippen molar-refractivity contribution in [2.75, 3.05) is 0 Å². The Balaban J connectivity index is 2.10. The van der Waals surface area contributed by atoms with Gasteiger partial charge in [0, 0.05) is 31.4 Å². The molecule has 0 aliphatic heterocycles. The maximum Gasteiger partial charge on any atom is 0.330 e. The number of ketones is 1. The molecule has 0 radical (unpaired) electrons. The lowest BCUT2D eigenvalue weighted by atomic mass is 9.86. The summed E-state index contributed by atoms with van der Waals surface area (Å²) in [6.07, 6.45) is 4.47. The molecule has 0 saturated heterocycles. The lowest BCUT2D eigenvalue weighted by Gasteiger charge is -2.17. The highest BCUT2D eigenvalue weighted by Gasteiger charge is 2.21. The standard InChI is InChI=1S/C17H16N2O3/c1-18-10-13(16(21)19(2)17(18)22)9-12-8-7-11-5-3-4-6-14(11)15(12)20/h3-6,9-10H,7-8H2,1-2H3/b12-9+. The smallest absolute Gasteiger partial charge is 0.303 e. The van der Waals surface area contributed by atoms with Crippen LogP contribution in [0.3, 0.4) is 0 Å². The minimum atomic E-state index is -0.387. The predicted octanol–water partition coefficient (Wildman–Crippen LogP) is 1.30. The van der Waals surface area contributed by atoms with Crippen molar-refractivity contribution >= 4 is 11.9 Å². The van der Waals surface area contributed by atoms with Crippen molar-refractivity contribution in [3.63, 3.8) is 0 Å². The zero-order chi connectivity index (χ0) is 15.9. The van der Waals surface area contributed by atoms with E-state index in [0.717, 1.165) is 16.6 Å². The molecule has 0 bridgehead atoms. The molecule has 0 saturated carbocycles. The first-order valence-electron chi connectivity index (χ1n) is 7.09. The Hall–Kier alpha value is -2.69. The van der Waals surface area contributed by atoms with E-state index in [1.807, 2.05) is 24.3 Å². The van der Waals surface area contributed by atoms with Crippen molar-refractivity contribution < 1.29 is 4.79 Å². The molecule has 0 amide bonds. The Morgan fingerprint density at radius 3 is 2.55 bits per heavy atom. The number of hydrogen-bond acceptors (Lipinski definition) is 3. The molecule has 1 aromatic carbocycles. The summed E-state index contributed by atoms with van der Waals surface area (Å²) in [6, 6.07) is 7.52. The number of allylic oxidation sites excluding steroid dienone is 1. The molecule has 1 heterocycles. The number of benzene rings is 1. The Morgan fingerprint density at radius 2 is 1.77 bits per heavy atom. The first kappa shape index (κ1) is 14.3. The predicted molar refractivity (Wildman–Crippen MR) is 84.0 cm³/mol. The van der Waals surface area contributed by atoms with Crippen LogP contribution in [-0.4, -0.2) is 14.9 Å². The van der Waals surface area contributed by atoms with Crippen LogP contribution in [0.4, 0.5) is 0 Å². The van der Waals surface area contributed by atoms with Gasteiger partial charge in [0.05, 0.1) is 5.56 Å². The van der Waals surface area contributed by atoms with Gasteiger partial charge in [-0.05, 0) is 24.5 Å². The molecule has 5 nitrogen and oxygen atoms in total. The molecule has 2 aromatic rings. The quantitative estimate of drug-likeness (QED) is 0.745. The Morgan fingerprint density at radius 1 is 1.05 bits per heavy atom. The van der Waals surface area contributed by atoms with Gasteiger partial charge in [0.25, 0.3) is 5.56 Å². The third kappa shape index (κ3) is 2.24. The normalized spacial score (nSPS) is 15.9. The first-order valence-corrected chi connectivity index (χ1v) is 7.09. The summed E-state index contributed by atoms with van der Waals surface area (Å²) >= 11 is 0. The van der Waals surface area contributed by atoms with Crippen LogP contribution in [0.25, 0.3) is 6.08 Å². The average molecular weight is 296 g/mol. The zero-order valence-corrected chi connectivity index (χ0v) is 12.5. The molecule has 0 N–H and O–H groups in total. The molecule has 1 aromatic heterocycles. The number of carbonyl (C=O) groups is 1. The minimum absolute atomic E-state index is 0.0437. The van der Waals surface area contributed by atoms with E-state index in [1.165, 1.54) is 17.8 Å². The molecule has 0 fully saturated rings. The first-order chi connectivity index (χ1) is 10.5. The number of nitrogens with zero attached hydrogens (tertiary/aromatic N) is 2. The van der Waals surface area contributed by atoms with Crippen LogP contribution in [0.1, 0.15) is 27.9 Å². The molecule has 112 valence electrons. The molecule has 0 unspecified atom stereocenters. The fraction of sp³-hybridized carbons (Fsp3) is 0.235. The second kappa shape index (κ2) is 5.26. The monoisotopic (exact) mass is 296 g/mol. The molecule has 1 aliphatic carbocycles. The van der Waals surface area contributed by atoms with E-state index in [4.69, 9.17) is 0 Å². The SMILES string of the molecule is Cn1cc(/C=C2\CCc3ccccc3C2=O)c(=O)n(C)c1=O. The highest BCUT2D eigenvalue weighted by Crippen LogP contribution is 2.25. The Bertz CT molecular complexity index is 916. The number of aryl methyl sites for hydroxylation is 2. The molecular formula is C17H16N2O3. The molecular weight excluding hydrogens is 280 g/mol. The number of carbonyl (C=O) groups excluding carboxylic acids is 1. The van der Waals surface area contributed by atoms with Gasteiger partial charge in [-0.3, -0.25) is 14.2 Å². The third-order valence-electron chi connectivity index (χ3n) is 4.02. The number of fused-ring (bicyclic) bond motifs is 1. The highest BCUT2D eigenvalue weighted by atomic mass is 16.2. The van der Waals surface area contributed by atoms with Crippen LogP contribution < -0.4 is 11.2 Å². The van der Waals surface area contributed by atoms with Crippen LogP contribution in [0.2, 0.25) is 0 Å². The third-order valence-corrected chi connectivity index (χ3v) is 4.02. The van der Waals surface area contributed by atoms with Crippen molar-refractivity contribution in [2.45, 2.75) is 12.8 Å². The second-order valence-electron chi connectivity index (χ2n) is 5.50. The topological polar surface area (TPSA) is 61.1 Å². The maximum atomic E-state index is 12.5. The maximum absolute atomic E-state index is 12.5. The second-order valence-corrected chi connectivity index (χ2v) is 5.50. The van der Waals surface area contributed by atoms with Crippen LogP contribution in [-0.2, 0) is 20.5 Å². The summed E-state index contributed by atoms with van der Waals surface area (Å²) < 4.78 is 2.39. The molecule has 1 aliphatic rings. The van der Waals surface area contributed by atoms with Crippen LogP contribution >= 0.6 is 0 Å². The van der Waals surface area contributed by atoms with E-state index < -0.39 is 0 Å². The van der Waals surface area contributed by atoms with E-state index in [0.29, 0.717) is 23.1 Å². The van der Waals surface area contributed by atoms with Crippen molar-refractivity contribution in [3.8, 4) is 0 Å². The van der Waals surface area contributed by atoms with E-state index in [9.17, 15) is 14.4 Å². The summed E-state index contributed by atoms with van der Waals surface area (Å²) in [7, 11) is 3.02. The van der Waals surface area contributed by atoms with Crippen LogP contribution in [0, 0.1) is 0 Å². The fourth-order valence-electron chi connectivity index (χ4n) is 2.78. The highest BCUT2D eigenvalue weighted by molar-refractivity contribution is 6.13. The summed E-state index contributed by atoms with van der Waals surface area (Å²) in [6.45, 7) is 0. The average Bonchev–Trinajstić information content (AvgIpc) is 2.53. The lowest BCUT2D eigenvalue weighted by Crippen LogP contribution is -2.37. The van der Waals surface area contributed by atoms with Gasteiger partial charge < -0.3 is 4.57 Å². The number of Topliss-reactive ketones (excluding diaryl/α,β-unsaturated/α-hetero) is 1. The Labute approximate surface area is 127 Å². The van der Waals surface area contributed by atoms with Gasteiger partial charge in [0.2, 0.25) is 0 Å². The molecule has 22 heavy (non-hydrogen) atoms. The largest absolute Gasteiger partial charge is 0.330 e. The van der Waals surface area contributed by atoms with Crippen molar-refractivity contribution in [3.05, 3.63) is 73.6 Å². The summed E-state index contributed by atoms with van der Waals surface area (Å²) in [5, 5.41) is 0. The molecule has 5 heteroatoms. The van der Waals surface area contributed by atoms with Crippen molar-refractivity contribution in [1.82, 2.24) is 9.13 Å². The van der Waals surface area contributed by atoms with Gasteiger partial charge in [0.15, 0.2) is 5.78 Å². The van der Waals surface area contributed by atoms with E-state index in [2.05, 4.69) is 0 Å². The van der Waals surface area contributed by atoms with Crippen molar-refractivity contribution in [1.29, 1.82) is 0 Å². The summed E-state index contributed by atoms with van der Waals surface area (Å²) in [5.74, 6) is -0.0437. The van der Waals surface area contributed by atoms with Gasteiger partial charge in [-0.1, -0.05) is 24.3 Å².